The Morgan fingerprint density at radius 1 is 1.15 bits per heavy atom. The van der Waals surface area contributed by atoms with Gasteiger partial charge in [-0.05, 0) is 17.7 Å². The van der Waals surface area contributed by atoms with Crippen LogP contribution in [0.2, 0.25) is 0 Å². The number of aromatic nitrogens is 2. The predicted molar refractivity (Wildman–Crippen MR) is 94.6 cm³/mol. The normalized spacial score (nSPS) is 10.1. The van der Waals surface area contributed by atoms with E-state index in [0.717, 1.165) is 11.6 Å². The molecular formula is C19H14FN4O3. The molecule has 3 amide bonds. The fraction of sp³-hybridized carbons (Fsp3) is 0.0526. The Balaban J connectivity index is 1.56. The first-order valence-electron chi connectivity index (χ1n) is 7.90. The van der Waals surface area contributed by atoms with Gasteiger partial charge >= 0.3 is 6.03 Å². The number of ether oxygens (including phenoxy) is 1. The van der Waals surface area contributed by atoms with Crippen LogP contribution >= 0.6 is 0 Å². The molecular weight excluding hydrogens is 351 g/mol. The van der Waals surface area contributed by atoms with Crippen LogP contribution in [0.4, 0.5) is 14.9 Å². The van der Waals surface area contributed by atoms with E-state index in [1.54, 1.807) is 24.3 Å². The quantitative estimate of drug-likeness (QED) is 0.725. The second kappa shape index (κ2) is 8.52. The first-order chi connectivity index (χ1) is 13.1. The van der Waals surface area contributed by atoms with Crippen LogP contribution in [0.5, 0.6) is 11.6 Å². The van der Waals surface area contributed by atoms with Gasteiger partial charge in [-0.15, -0.1) is 0 Å². The lowest BCUT2D eigenvalue weighted by Gasteiger charge is -2.09. The van der Waals surface area contributed by atoms with Gasteiger partial charge in [-0.2, -0.15) is 0 Å². The summed E-state index contributed by atoms with van der Waals surface area (Å²) in [4.78, 5) is 31.2. The average Bonchev–Trinajstić information content (AvgIpc) is 2.65. The minimum absolute atomic E-state index is 0.0609. The molecule has 1 heterocycles. The number of urea groups is 1. The van der Waals surface area contributed by atoms with Crippen LogP contribution in [0, 0.1) is 12.0 Å². The smallest absolute Gasteiger partial charge is 0.325 e. The molecule has 0 unspecified atom stereocenters. The molecule has 2 aromatic carbocycles. The molecule has 0 aliphatic heterocycles. The first-order valence-corrected chi connectivity index (χ1v) is 7.90. The Hall–Kier alpha value is -3.81. The highest BCUT2D eigenvalue weighted by atomic mass is 19.1. The number of benzene rings is 2. The number of amides is 3. The molecule has 1 radical (unpaired) electrons. The average molecular weight is 365 g/mol. The molecule has 0 aliphatic carbocycles. The molecule has 8 heteroatoms. The second-order valence-electron chi connectivity index (χ2n) is 5.40. The molecule has 3 rings (SSSR count). The van der Waals surface area contributed by atoms with Gasteiger partial charge in [0.05, 0.1) is 12.6 Å². The molecule has 0 saturated carbocycles. The van der Waals surface area contributed by atoms with Gasteiger partial charge in [0, 0.05) is 17.8 Å². The standard InChI is InChI=1S/C19H14FN4O3/c20-15-11-14(6-7-16(15)27-18-8-9-21-12-22-18)23-19(26)24-17(25)10-13-4-2-1-3-5-13/h1-8,11-12H,10H2,(H2,23,24,25,26). The molecule has 0 spiro atoms. The van der Waals surface area contributed by atoms with Gasteiger partial charge in [0.1, 0.15) is 6.33 Å². The molecule has 0 aliphatic rings. The molecule has 0 fully saturated rings. The maximum Gasteiger partial charge on any atom is 0.325 e. The zero-order chi connectivity index (χ0) is 19.1. The molecule has 2 N–H and O–H groups in total. The molecule has 7 nitrogen and oxygen atoms in total. The minimum Gasteiger partial charge on any atom is -0.436 e. The third-order valence-corrected chi connectivity index (χ3v) is 3.37. The predicted octanol–water partition coefficient (Wildman–Crippen LogP) is 3.10. The van der Waals surface area contributed by atoms with Gasteiger partial charge in [0.15, 0.2) is 11.6 Å². The van der Waals surface area contributed by atoms with E-state index in [1.165, 1.54) is 24.5 Å². The SMILES string of the molecule is O=C(Cc1ccccc1)NC(=O)Nc1ccc(Oc2c[c]ncn2)c(F)c1. The van der Waals surface area contributed by atoms with E-state index in [-0.39, 0.29) is 23.7 Å². The monoisotopic (exact) mass is 365 g/mol. The van der Waals surface area contributed by atoms with E-state index in [4.69, 9.17) is 4.74 Å². The van der Waals surface area contributed by atoms with Crippen LogP contribution in [0.15, 0.2) is 60.9 Å². The number of imide groups is 1. The molecule has 27 heavy (non-hydrogen) atoms. The van der Waals surface area contributed by atoms with Crippen molar-refractivity contribution < 1.29 is 18.7 Å². The maximum atomic E-state index is 14.1. The summed E-state index contributed by atoms with van der Waals surface area (Å²) in [7, 11) is 0. The highest BCUT2D eigenvalue weighted by Crippen LogP contribution is 2.25. The van der Waals surface area contributed by atoms with E-state index < -0.39 is 17.8 Å². The molecule has 3 aromatic rings. The Morgan fingerprint density at radius 3 is 2.67 bits per heavy atom. The van der Waals surface area contributed by atoms with Crippen molar-refractivity contribution in [1.82, 2.24) is 15.3 Å². The van der Waals surface area contributed by atoms with E-state index in [0.29, 0.717) is 0 Å². The number of carbonyl (C=O) groups excluding carboxylic acids is 2. The summed E-state index contributed by atoms with van der Waals surface area (Å²) >= 11 is 0. The van der Waals surface area contributed by atoms with E-state index >= 15 is 0 Å². The van der Waals surface area contributed by atoms with Gasteiger partial charge in [0.25, 0.3) is 0 Å². The van der Waals surface area contributed by atoms with E-state index in [9.17, 15) is 14.0 Å². The number of hydrogen-bond acceptors (Lipinski definition) is 5. The van der Waals surface area contributed by atoms with Crippen LogP contribution in [-0.4, -0.2) is 21.9 Å². The first kappa shape index (κ1) is 18.0. The summed E-state index contributed by atoms with van der Waals surface area (Å²) in [5.74, 6) is -1.12. The number of halogens is 1. The Kier molecular flexibility index (Phi) is 5.68. The molecule has 0 bridgehead atoms. The molecule has 0 saturated heterocycles. The topological polar surface area (TPSA) is 93.2 Å². The summed E-state index contributed by atoms with van der Waals surface area (Å²) in [6, 6.07) is 13.4. The fourth-order valence-corrected chi connectivity index (χ4v) is 2.19. The van der Waals surface area contributed by atoms with Crippen molar-refractivity contribution in [2.24, 2.45) is 0 Å². The zero-order valence-corrected chi connectivity index (χ0v) is 14.0. The van der Waals surface area contributed by atoms with Crippen LogP contribution in [0.3, 0.4) is 0 Å². The Bertz CT molecular complexity index is 936. The number of nitrogens with one attached hydrogen (secondary N) is 2. The third-order valence-electron chi connectivity index (χ3n) is 3.37. The van der Waals surface area contributed by atoms with Gasteiger partial charge in [-0.1, -0.05) is 30.3 Å². The highest BCUT2D eigenvalue weighted by Gasteiger charge is 2.11. The molecule has 0 atom stereocenters. The largest absolute Gasteiger partial charge is 0.436 e. The van der Waals surface area contributed by atoms with Crippen LogP contribution in [0.1, 0.15) is 5.56 Å². The lowest BCUT2D eigenvalue weighted by atomic mass is 10.1. The number of nitrogens with zero attached hydrogens (tertiary/aromatic N) is 2. The van der Waals surface area contributed by atoms with Crippen molar-refractivity contribution in [1.29, 1.82) is 0 Å². The summed E-state index contributed by atoms with van der Waals surface area (Å²) in [5.41, 5.74) is 0.941. The summed E-state index contributed by atoms with van der Waals surface area (Å²) < 4.78 is 19.4. The van der Waals surface area contributed by atoms with Crippen molar-refractivity contribution in [2.75, 3.05) is 5.32 Å². The maximum absolute atomic E-state index is 14.1. The van der Waals surface area contributed by atoms with Gasteiger partial charge in [0.2, 0.25) is 11.8 Å². The Labute approximate surface area is 154 Å². The van der Waals surface area contributed by atoms with Crippen molar-refractivity contribution in [3.63, 3.8) is 0 Å². The van der Waals surface area contributed by atoms with Gasteiger partial charge in [-0.3, -0.25) is 10.1 Å². The highest BCUT2D eigenvalue weighted by molar-refractivity contribution is 6.01. The van der Waals surface area contributed by atoms with E-state index in [1.807, 2.05) is 6.07 Å². The van der Waals surface area contributed by atoms with Crippen LogP contribution < -0.4 is 15.4 Å². The summed E-state index contributed by atoms with van der Waals surface area (Å²) in [6.07, 6.45) is 3.80. The molecule has 1 aromatic heterocycles. The van der Waals surface area contributed by atoms with Crippen LogP contribution in [-0.2, 0) is 11.2 Å². The van der Waals surface area contributed by atoms with Crippen molar-refractivity contribution in [2.45, 2.75) is 6.42 Å². The van der Waals surface area contributed by atoms with Crippen LogP contribution in [0.25, 0.3) is 0 Å². The molecule has 135 valence electrons. The van der Waals surface area contributed by atoms with E-state index in [2.05, 4.69) is 26.8 Å². The lowest BCUT2D eigenvalue weighted by Crippen LogP contribution is -2.35. The Morgan fingerprint density at radius 2 is 1.96 bits per heavy atom. The van der Waals surface area contributed by atoms with Gasteiger partial charge < -0.3 is 10.1 Å². The van der Waals surface area contributed by atoms with Gasteiger partial charge in [-0.25, -0.2) is 19.2 Å². The fourth-order valence-electron chi connectivity index (χ4n) is 2.19. The number of anilines is 1. The van der Waals surface area contributed by atoms with Crippen molar-refractivity contribution >= 4 is 17.6 Å². The minimum atomic E-state index is -0.755. The summed E-state index contributed by atoms with van der Waals surface area (Å²) in [5, 5.41) is 4.58. The third kappa shape index (κ3) is 5.33. The number of hydrogen-bond donors (Lipinski definition) is 2. The number of carbonyl (C=O) groups is 2. The zero-order valence-electron chi connectivity index (χ0n) is 14.0. The second-order valence-corrected chi connectivity index (χ2v) is 5.40. The van der Waals surface area contributed by atoms with Crippen molar-refractivity contribution in [3.8, 4) is 11.6 Å². The number of rotatable bonds is 5. The van der Waals surface area contributed by atoms with Crippen molar-refractivity contribution in [3.05, 3.63) is 78.5 Å². The lowest BCUT2D eigenvalue weighted by molar-refractivity contribution is -0.119. The summed E-state index contributed by atoms with van der Waals surface area (Å²) in [6.45, 7) is 0.